The smallest absolute Gasteiger partial charge is 0.0342 e. The van der Waals surface area contributed by atoms with Crippen molar-refractivity contribution in [3.63, 3.8) is 0 Å². The quantitative estimate of drug-likeness (QED) is 0.240. The lowest BCUT2D eigenvalue weighted by molar-refractivity contribution is 1.77. The number of benzene rings is 5. The third kappa shape index (κ3) is 3.18. The Morgan fingerprint density at radius 2 is 0.778 bits per heavy atom. The Bertz CT molecular complexity index is 1200. The Hall–Kier alpha value is -3.16. The van der Waals surface area contributed by atoms with E-state index < -0.39 is 0 Å². The Balaban J connectivity index is 0.000000149. The van der Waals surface area contributed by atoms with Crippen molar-refractivity contribution in [3.8, 4) is 0 Å². The summed E-state index contributed by atoms with van der Waals surface area (Å²) >= 11 is 1.79. The summed E-state index contributed by atoms with van der Waals surface area (Å²) in [7, 11) is 0. The lowest BCUT2D eigenvalue weighted by Gasteiger charge is -2.04. The highest BCUT2D eigenvalue weighted by Crippen LogP contribution is 2.27. The average Bonchev–Trinajstić information content (AvgIpc) is 3.20. The maximum absolute atomic E-state index is 2.27. The second-order valence-electron chi connectivity index (χ2n) is 6.70. The van der Waals surface area contributed by atoms with Gasteiger partial charge in [-0.25, -0.2) is 0 Å². The first-order valence-electron chi connectivity index (χ1n) is 9.10. The monoisotopic (exact) mass is 362 g/mol. The molecule has 0 nitrogen and oxygen atoms in total. The minimum Gasteiger partial charge on any atom is -0.144 e. The molecule has 5 aromatic carbocycles. The molecule has 6 aromatic rings. The van der Waals surface area contributed by atoms with Crippen LogP contribution in [0.25, 0.3) is 42.4 Å². The van der Waals surface area contributed by atoms with Crippen LogP contribution in [-0.4, -0.2) is 0 Å². The molecule has 0 atom stereocenters. The lowest BCUT2D eigenvalue weighted by atomic mass is 10.00. The molecule has 0 saturated heterocycles. The summed E-state index contributed by atoms with van der Waals surface area (Å²) in [6.45, 7) is 0. The van der Waals surface area contributed by atoms with E-state index in [1.54, 1.807) is 11.3 Å². The molecule has 1 aromatic heterocycles. The predicted molar refractivity (Wildman–Crippen MR) is 121 cm³/mol. The van der Waals surface area contributed by atoms with Gasteiger partial charge in [0.2, 0.25) is 0 Å². The molecule has 1 heterocycles. The van der Waals surface area contributed by atoms with Crippen molar-refractivity contribution in [1.82, 2.24) is 0 Å². The Kier molecular flexibility index (Phi) is 4.08. The fourth-order valence-corrected chi connectivity index (χ4v) is 4.33. The van der Waals surface area contributed by atoms with Gasteiger partial charge in [0.25, 0.3) is 0 Å². The molecule has 0 aliphatic rings. The molecule has 0 amide bonds. The summed E-state index contributed by atoms with van der Waals surface area (Å²) < 4.78 is 1.37. The molecule has 0 radical (unpaired) electrons. The van der Waals surface area contributed by atoms with Gasteiger partial charge < -0.3 is 0 Å². The van der Waals surface area contributed by atoms with Crippen LogP contribution in [-0.2, 0) is 0 Å². The highest BCUT2D eigenvalue weighted by atomic mass is 32.1. The molecule has 0 spiro atoms. The Labute approximate surface area is 162 Å². The number of rotatable bonds is 0. The molecule has 1 heteroatoms. The van der Waals surface area contributed by atoms with Crippen LogP contribution in [0.15, 0.2) is 109 Å². The number of fused-ring (bicyclic) bond motifs is 4. The topological polar surface area (TPSA) is 0 Å². The van der Waals surface area contributed by atoms with E-state index in [1.165, 1.54) is 42.4 Å². The molecule has 6 rings (SSSR count). The highest BCUT2D eigenvalue weighted by molar-refractivity contribution is 7.17. The molecular formula is C26H18S. The van der Waals surface area contributed by atoms with Gasteiger partial charge in [-0.1, -0.05) is 66.7 Å². The first-order valence-corrected chi connectivity index (χ1v) is 9.98. The maximum atomic E-state index is 2.27. The van der Waals surface area contributed by atoms with Crippen molar-refractivity contribution in [2.24, 2.45) is 0 Å². The summed E-state index contributed by atoms with van der Waals surface area (Å²) in [6.07, 6.45) is 0. The van der Waals surface area contributed by atoms with Gasteiger partial charge >= 0.3 is 0 Å². The van der Waals surface area contributed by atoms with Crippen molar-refractivity contribution in [2.45, 2.75) is 0 Å². The fraction of sp³-hybridized carbons (Fsp3) is 0. The Morgan fingerprint density at radius 3 is 1.22 bits per heavy atom. The van der Waals surface area contributed by atoms with E-state index in [2.05, 4.69) is 109 Å². The van der Waals surface area contributed by atoms with Crippen LogP contribution in [0, 0.1) is 0 Å². The molecule has 0 bridgehead atoms. The van der Waals surface area contributed by atoms with Crippen LogP contribution in [0.4, 0.5) is 0 Å². The zero-order valence-corrected chi connectivity index (χ0v) is 15.6. The van der Waals surface area contributed by atoms with E-state index >= 15 is 0 Å². The van der Waals surface area contributed by atoms with E-state index in [9.17, 15) is 0 Å². The second-order valence-corrected chi connectivity index (χ2v) is 7.65. The van der Waals surface area contributed by atoms with E-state index in [0.29, 0.717) is 0 Å². The summed E-state index contributed by atoms with van der Waals surface area (Å²) in [5, 5.41) is 11.3. The van der Waals surface area contributed by atoms with Gasteiger partial charge in [-0.2, -0.15) is 0 Å². The Morgan fingerprint density at radius 1 is 0.370 bits per heavy atom. The van der Waals surface area contributed by atoms with Crippen molar-refractivity contribution in [2.75, 3.05) is 0 Å². The number of hydrogen-bond acceptors (Lipinski definition) is 1. The molecule has 0 unspecified atom stereocenters. The minimum absolute atomic E-state index is 1.31. The summed E-state index contributed by atoms with van der Waals surface area (Å²) in [5.41, 5.74) is 0. The third-order valence-electron chi connectivity index (χ3n) is 4.93. The van der Waals surface area contributed by atoms with Gasteiger partial charge in [0.05, 0.1) is 0 Å². The normalized spacial score (nSPS) is 11.0. The molecule has 0 aliphatic carbocycles. The largest absolute Gasteiger partial charge is 0.144 e. The van der Waals surface area contributed by atoms with Crippen LogP contribution in [0.2, 0.25) is 0 Å². The van der Waals surface area contributed by atoms with Crippen molar-refractivity contribution in [3.05, 3.63) is 109 Å². The van der Waals surface area contributed by atoms with E-state index in [0.717, 1.165) is 0 Å². The van der Waals surface area contributed by atoms with Crippen LogP contribution in [0.1, 0.15) is 0 Å². The third-order valence-corrected chi connectivity index (χ3v) is 5.83. The van der Waals surface area contributed by atoms with Crippen LogP contribution in [0.3, 0.4) is 0 Å². The standard InChI is InChI=1S/C18H12.C8H6S/c1-2-6-14-10-18-12-16-8-4-3-7-15(16)11-17(18)9-13(14)5-1;1-2-4-8-7(3-1)5-6-9-8/h1-12H;1-6H. The molecule has 0 N–H and O–H groups in total. The van der Waals surface area contributed by atoms with Gasteiger partial charge in [0, 0.05) is 4.70 Å². The van der Waals surface area contributed by atoms with Gasteiger partial charge in [-0.05, 0) is 79.5 Å². The lowest BCUT2D eigenvalue weighted by Crippen LogP contribution is -1.78. The number of thiophene rings is 1. The molecular weight excluding hydrogens is 344 g/mol. The fourth-order valence-electron chi connectivity index (χ4n) is 3.54. The van der Waals surface area contributed by atoms with Crippen LogP contribution >= 0.6 is 11.3 Å². The highest BCUT2D eigenvalue weighted by Gasteiger charge is 2.00. The SMILES string of the molecule is c1ccc2cc3cc4ccccc4cc3cc2c1.c1ccc2sccc2c1. The maximum Gasteiger partial charge on any atom is 0.0342 e. The zero-order valence-electron chi connectivity index (χ0n) is 14.8. The van der Waals surface area contributed by atoms with Crippen molar-refractivity contribution in [1.29, 1.82) is 0 Å². The van der Waals surface area contributed by atoms with Gasteiger partial charge in [0.1, 0.15) is 0 Å². The molecule has 0 saturated carbocycles. The van der Waals surface area contributed by atoms with Gasteiger partial charge in [-0.15, -0.1) is 11.3 Å². The average molecular weight is 362 g/mol. The number of hydrogen-bond donors (Lipinski definition) is 0. The molecule has 0 aliphatic heterocycles. The minimum atomic E-state index is 1.31. The predicted octanol–water partition coefficient (Wildman–Crippen LogP) is 8.05. The second kappa shape index (κ2) is 6.86. The summed E-state index contributed by atoms with van der Waals surface area (Å²) in [4.78, 5) is 0. The first kappa shape index (κ1) is 16.0. The molecule has 128 valence electrons. The molecule has 27 heavy (non-hydrogen) atoms. The van der Waals surface area contributed by atoms with E-state index in [4.69, 9.17) is 0 Å². The summed E-state index contributed by atoms with van der Waals surface area (Å²) in [6, 6.07) is 36.7. The van der Waals surface area contributed by atoms with Crippen molar-refractivity contribution >= 4 is 53.7 Å². The molecule has 0 fully saturated rings. The first-order chi connectivity index (χ1) is 13.4. The van der Waals surface area contributed by atoms with E-state index in [1.807, 2.05) is 0 Å². The van der Waals surface area contributed by atoms with E-state index in [-0.39, 0.29) is 0 Å². The summed E-state index contributed by atoms with van der Waals surface area (Å²) in [5.74, 6) is 0. The van der Waals surface area contributed by atoms with Crippen LogP contribution in [0.5, 0.6) is 0 Å². The zero-order chi connectivity index (χ0) is 18.1. The van der Waals surface area contributed by atoms with Crippen molar-refractivity contribution < 1.29 is 0 Å². The van der Waals surface area contributed by atoms with Gasteiger partial charge in [-0.3, -0.25) is 0 Å². The van der Waals surface area contributed by atoms with Gasteiger partial charge in [0.15, 0.2) is 0 Å². The van der Waals surface area contributed by atoms with Crippen LogP contribution < -0.4 is 0 Å².